The maximum absolute atomic E-state index is 12.6. The van der Waals surface area contributed by atoms with Crippen LogP contribution in [0.2, 0.25) is 0 Å². The number of methoxy groups -OCH3 is 1. The number of carbonyl (C=O) groups is 1. The highest BCUT2D eigenvalue weighted by Gasteiger charge is 2.37. The van der Waals surface area contributed by atoms with E-state index in [0.29, 0.717) is 0 Å². The SMILES string of the molecule is COc1ccc2c(c1)CCN1C(=O)c3cccnc3CC21. The van der Waals surface area contributed by atoms with E-state index in [4.69, 9.17) is 4.74 Å². The summed E-state index contributed by atoms with van der Waals surface area (Å²) >= 11 is 0. The van der Waals surface area contributed by atoms with E-state index in [2.05, 4.69) is 17.1 Å². The summed E-state index contributed by atoms with van der Waals surface area (Å²) in [4.78, 5) is 19.0. The van der Waals surface area contributed by atoms with Crippen LogP contribution in [0.1, 0.15) is 33.2 Å². The third kappa shape index (κ3) is 1.82. The van der Waals surface area contributed by atoms with E-state index in [1.165, 1.54) is 11.1 Å². The van der Waals surface area contributed by atoms with Crippen LogP contribution in [0.15, 0.2) is 36.5 Å². The molecule has 1 atom stereocenters. The molecule has 106 valence electrons. The number of rotatable bonds is 1. The van der Waals surface area contributed by atoms with Crippen LogP contribution in [0.4, 0.5) is 0 Å². The Kier molecular flexibility index (Phi) is 2.70. The van der Waals surface area contributed by atoms with Crippen molar-refractivity contribution in [3.05, 3.63) is 58.9 Å². The zero-order valence-electron chi connectivity index (χ0n) is 11.9. The van der Waals surface area contributed by atoms with Crippen LogP contribution in [0.3, 0.4) is 0 Å². The number of carbonyl (C=O) groups excluding carboxylic acids is 1. The van der Waals surface area contributed by atoms with Crippen molar-refractivity contribution < 1.29 is 9.53 Å². The molecular weight excluding hydrogens is 264 g/mol. The number of fused-ring (bicyclic) bond motifs is 4. The number of nitrogens with zero attached hydrogens (tertiary/aromatic N) is 2. The highest BCUT2D eigenvalue weighted by Crippen LogP contribution is 2.38. The molecule has 1 aromatic heterocycles. The van der Waals surface area contributed by atoms with Crippen molar-refractivity contribution in [1.82, 2.24) is 9.88 Å². The Balaban J connectivity index is 1.80. The van der Waals surface area contributed by atoms with Crippen LogP contribution in [0.25, 0.3) is 0 Å². The molecule has 0 bridgehead atoms. The zero-order valence-corrected chi connectivity index (χ0v) is 11.9. The average Bonchev–Trinajstić information content (AvgIpc) is 2.54. The fourth-order valence-corrected chi connectivity index (χ4v) is 3.41. The zero-order chi connectivity index (χ0) is 14.4. The van der Waals surface area contributed by atoms with Crippen molar-refractivity contribution in [2.75, 3.05) is 13.7 Å². The topological polar surface area (TPSA) is 42.4 Å². The molecule has 4 rings (SSSR count). The fraction of sp³-hybridized carbons (Fsp3) is 0.294. The van der Waals surface area contributed by atoms with Crippen LogP contribution in [0.5, 0.6) is 5.75 Å². The number of benzene rings is 1. The molecule has 2 aliphatic heterocycles. The molecule has 0 aliphatic carbocycles. The predicted octanol–water partition coefficient (Wildman–Crippen LogP) is 2.39. The Morgan fingerprint density at radius 1 is 1.33 bits per heavy atom. The van der Waals surface area contributed by atoms with Crippen LogP contribution in [-0.2, 0) is 12.8 Å². The number of hydrogen-bond acceptors (Lipinski definition) is 3. The molecule has 4 heteroatoms. The molecule has 0 spiro atoms. The van der Waals surface area contributed by atoms with E-state index in [9.17, 15) is 4.79 Å². The van der Waals surface area contributed by atoms with Gasteiger partial charge < -0.3 is 9.64 Å². The van der Waals surface area contributed by atoms with Gasteiger partial charge in [-0.25, -0.2) is 0 Å². The lowest BCUT2D eigenvalue weighted by Gasteiger charge is -2.40. The maximum Gasteiger partial charge on any atom is 0.256 e. The van der Waals surface area contributed by atoms with Crippen LogP contribution in [0, 0.1) is 0 Å². The van der Waals surface area contributed by atoms with E-state index >= 15 is 0 Å². The molecule has 1 amide bonds. The highest BCUT2D eigenvalue weighted by molar-refractivity contribution is 5.96. The lowest BCUT2D eigenvalue weighted by molar-refractivity contribution is 0.0628. The average molecular weight is 280 g/mol. The minimum atomic E-state index is 0.106. The van der Waals surface area contributed by atoms with Crippen LogP contribution < -0.4 is 4.74 Å². The molecule has 0 N–H and O–H groups in total. The van der Waals surface area contributed by atoms with Gasteiger partial charge in [0.1, 0.15) is 5.75 Å². The normalized spacial score (nSPS) is 19.6. The summed E-state index contributed by atoms with van der Waals surface area (Å²) < 4.78 is 5.30. The molecule has 0 saturated heterocycles. The van der Waals surface area contributed by atoms with E-state index in [1.807, 2.05) is 23.1 Å². The number of amides is 1. The van der Waals surface area contributed by atoms with Gasteiger partial charge >= 0.3 is 0 Å². The summed E-state index contributed by atoms with van der Waals surface area (Å²) in [5, 5.41) is 0. The number of aromatic nitrogens is 1. The molecule has 3 heterocycles. The van der Waals surface area contributed by atoms with Gasteiger partial charge in [-0.05, 0) is 41.8 Å². The van der Waals surface area contributed by atoms with Crippen LogP contribution >= 0.6 is 0 Å². The lowest BCUT2D eigenvalue weighted by atomic mass is 9.85. The second-order valence-corrected chi connectivity index (χ2v) is 5.53. The first-order valence-corrected chi connectivity index (χ1v) is 7.19. The summed E-state index contributed by atoms with van der Waals surface area (Å²) in [5.41, 5.74) is 4.17. The standard InChI is InChI=1S/C17H16N2O2/c1-21-12-4-5-13-11(9-12)6-8-19-16(13)10-15-14(17(19)20)3-2-7-18-15/h2-5,7,9,16H,6,8,10H2,1H3. The first-order chi connectivity index (χ1) is 10.3. The van der Waals surface area contributed by atoms with Crippen molar-refractivity contribution in [2.24, 2.45) is 0 Å². The van der Waals surface area contributed by atoms with E-state index in [-0.39, 0.29) is 11.9 Å². The molecule has 4 nitrogen and oxygen atoms in total. The Morgan fingerprint density at radius 2 is 2.24 bits per heavy atom. The Labute approximate surface area is 123 Å². The van der Waals surface area contributed by atoms with E-state index < -0.39 is 0 Å². The summed E-state index contributed by atoms with van der Waals surface area (Å²) in [6.07, 6.45) is 3.44. The minimum absolute atomic E-state index is 0.106. The lowest BCUT2D eigenvalue weighted by Crippen LogP contribution is -2.44. The Bertz CT molecular complexity index is 726. The number of pyridine rings is 1. The maximum atomic E-state index is 12.6. The van der Waals surface area contributed by atoms with Gasteiger partial charge in [-0.1, -0.05) is 6.07 Å². The summed E-state index contributed by atoms with van der Waals surface area (Å²) in [6.45, 7) is 0.762. The smallest absolute Gasteiger partial charge is 0.256 e. The van der Waals surface area contributed by atoms with Gasteiger partial charge in [-0.3, -0.25) is 9.78 Å². The second kappa shape index (κ2) is 4.58. The second-order valence-electron chi connectivity index (χ2n) is 5.53. The minimum Gasteiger partial charge on any atom is -0.497 e. The quantitative estimate of drug-likeness (QED) is 0.805. The predicted molar refractivity (Wildman–Crippen MR) is 78.4 cm³/mol. The van der Waals surface area contributed by atoms with Crippen molar-refractivity contribution in [2.45, 2.75) is 18.9 Å². The van der Waals surface area contributed by atoms with Gasteiger partial charge in [-0.15, -0.1) is 0 Å². The molecule has 2 aliphatic rings. The van der Waals surface area contributed by atoms with Gasteiger partial charge in [0.05, 0.1) is 24.4 Å². The van der Waals surface area contributed by atoms with E-state index in [1.54, 1.807) is 13.3 Å². The summed E-state index contributed by atoms with van der Waals surface area (Å²) in [6, 6.07) is 9.97. The third-order valence-electron chi connectivity index (χ3n) is 4.48. The first-order valence-electron chi connectivity index (χ1n) is 7.19. The van der Waals surface area contributed by atoms with Gasteiger partial charge in [0, 0.05) is 19.2 Å². The van der Waals surface area contributed by atoms with Gasteiger partial charge in [-0.2, -0.15) is 0 Å². The monoisotopic (exact) mass is 280 g/mol. The van der Waals surface area contributed by atoms with Gasteiger partial charge in [0.2, 0.25) is 0 Å². The molecule has 0 fully saturated rings. The van der Waals surface area contributed by atoms with Crippen molar-refractivity contribution >= 4 is 5.91 Å². The highest BCUT2D eigenvalue weighted by atomic mass is 16.5. The molecule has 2 aromatic rings. The molecule has 1 unspecified atom stereocenters. The summed E-state index contributed by atoms with van der Waals surface area (Å²) in [5.74, 6) is 0.985. The summed E-state index contributed by atoms with van der Waals surface area (Å²) in [7, 11) is 1.68. The van der Waals surface area contributed by atoms with Gasteiger partial charge in [0.15, 0.2) is 0 Å². The molecule has 1 aromatic carbocycles. The van der Waals surface area contributed by atoms with E-state index in [0.717, 1.165) is 36.4 Å². The largest absolute Gasteiger partial charge is 0.497 e. The van der Waals surface area contributed by atoms with Crippen molar-refractivity contribution in [3.8, 4) is 5.75 Å². The third-order valence-corrected chi connectivity index (χ3v) is 4.48. The van der Waals surface area contributed by atoms with Crippen LogP contribution in [-0.4, -0.2) is 29.4 Å². The van der Waals surface area contributed by atoms with Crippen molar-refractivity contribution in [1.29, 1.82) is 0 Å². The number of ether oxygens (including phenoxy) is 1. The first kappa shape index (κ1) is 12.4. The Hall–Kier alpha value is -2.36. The molecule has 0 saturated carbocycles. The molecular formula is C17H16N2O2. The van der Waals surface area contributed by atoms with Gasteiger partial charge in [0.25, 0.3) is 5.91 Å². The van der Waals surface area contributed by atoms with Crippen molar-refractivity contribution in [3.63, 3.8) is 0 Å². The fourth-order valence-electron chi connectivity index (χ4n) is 3.41. The molecule has 21 heavy (non-hydrogen) atoms. The molecule has 0 radical (unpaired) electrons. The number of hydrogen-bond donors (Lipinski definition) is 0. The Morgan fingerprint density at radius 3 is 3.10 bits per heavy atom.